The Balaban J connectivity index is 1.56. The number of fused-ring (bicyclic) bond motifs is 2. The number of hydrogen-bond donors (Lipinski definition) is 3. The van der Waals surface area contributed by atoms with Crippen LogP contribution in [0.25, 0.3) is 0 Å². The number of carbonyl (C=O) groups excluding carboxylic acids is 1. The number of aliphatic hydroxyl groups excluding tert-OH is 1. The van der Waals surface area contributed by atoms with E-state index in [9.17, 15) is 19.8 Å². The molecule has 6 nitrogen and oxygen atoms in total. The Morgan fingerprint density at radius 3 is 2.68 bits per heavy atom. The molecule has 1 fully saturated rings. The number of piperidine rings is 1. The summed E-state index contributed by atoms with van der Waals surface area (Å²) < 4.78 is 0. The first-order valence-electron chi connectivity index (χ1n) is 8.49. The normalized spacial score (nSPS) is 21.3. The molecule has 1 atom stereocenters. The Morgan fingerprint density at radius 2 is 1.96 bits per heavy atom. The first kappa shape index (κ1) is 15.9. The smallest absolute Gasteiger partial charge is 0.259 e. The number of carbonyl (C=O) groups is 1. The molecule has 4 rings (SSSR count). The van der Waals surface area contributed by atoms with Crippen LogP contribution in [0, 0.1) is 0 Å². The fourth-order valence-corrected chi connectivity index (χ4v) is 4.28. The fourth-order valence-electron chi connectivity index (χ4n) is 4.28. The highest BCUT2D eigenvalue weighted by Gasteiger charge is 2.48. The predicted molar refractivity (Wildman–Crippen MR) is 91.7 cm³/mol. The second kappa shape index (κ2) is 5.74. The average molecular weight is 340 g/mol. The summed E-state index contributed by atoms with van der Waals surface area (Å²) in [4.78, 5) is 27.9. The maximum absolute atomic E-state index is 12.6. The molecule has 0 radical (unpaired) electrons. The Hall–Kier alpha value is -2.60. The van der Waals surface area contributed by atoms with E-state index in [1.165, 1.54) is 17.3 Å². The zero-order valence-corrected chi connectivity index (χ0v) is 13.7. The lowest BCUT2D eigenvalue weighted by Gasteiger charge is -2.42. The van der Waals surface area contributed by atoms with Gasteiger partial charge < -0.3 is 20.1 Å². The number of nitrogens with one attached hydrogen (secondary N) is 1. The minimum absolute atomic E-state index is 0.0999. The van der Waals surface area contributed by atoms with Gasteiger partial charge in [0.25, 0.3) is 11.5 Å². The monoisotopic (exact) mass is 340 g/mol. The third kappa shape index (κ3) is 2.44. The molecule has 1 aromatic carbocycles. The molecule has 6 heteroatoms. The molecule has 3 N–H and O–H groups in total. The minimum Gasteiger partial charge on any atom is -0.507 e. The summed E-state index contributed by atoms with van der Waals surface area (Å²) in [5.74, 6) is -0.607. The summed E-state index contributed by atoms with van der Waals surface area (Å²) in [6.45, 7) is 1.01. The van der Waals surface area contributed by atoms with Crippen LogP contribution in [0.5, 0.6) is 5.75 Å². The number of aromatic amines is 1. The van der Waals surface area contributed by atoms with Gasteiger partial charge in [-0.3, -0.25) is 9.59 Å². The van der Waals surface area contributed by atoms with E-state index < -0.39 is 11.7 Å². The Kier molecular flexibility index (Phi) is 3.65. The van der Waals surface area contributed by atoms with E-state index in [2.05, 4.69) is 17.1 Å². The van der Waals surface area contributed by atoms with Crippen molar-refractivity contribution in [1.82, 2.24) is 9.88 Å². The Bertz CT molecular complexity index is 881. The minimum atomic E-state index is -0.447. The third-order valence-electron chi connectivity index (χ3n) is 5.68. The zero-order valence-electron chi connectivity index (χ0n) is 13.7. The molecule has 25 heavy (non-hydrogen) atoms. The van der Waals surface area contributed by atoms with Crippen molar-refractivity contribution in [1.29, 1.82) is 0 Å². The van der Waals surface area contributed by atoms with Crippen LogP contribution < -0.4 is 5.56 Å². The largest absolute Gasteiger partial charge is 0.507 e. The van der Waals surface area contributed by atoms with Gasteiger partial charge in [0.05, 0.1) is 11.7 Å². The number of likely N-dealkylation sites (tertiary alicyclic amines) is 1. The zero-order chi connectivity index (χ0) is 17.6. The van der Waals surface area contributed by atoms with E-state index in [-0.39, 0.29) is 22.6 Å². The van der Waals surface area contributed by atoms with E-state index >= 15 is 0 Å². The van der Waals surface area contributed by atoms with Crippen molar-refractivity contribution in [3.8, 4) is 5.75 Å². The van der Waals surface area contributed by atoms with E-state index in [0.29, 0.717) is 32.4 Å². The number of aliphatic hydroxyl groups is 1. The second-order valence-corrected chi connectivity index (χ2v) is 6.92. The molecule has 0 bridgehead atoms. The lowest BCUT2D eigenvalue weighted by Crippen LogP contribution is -2.49. The van der Waals surface area contributed by atoms with E-state index in [1.54, 1.807) is 4.90 Å². The molecule has 130 valence electrons. The first-order valence-corrected chi connectivity index (χ1v) is 8.49. The maximum Gasteiger partial charge on any atom is 0.259 e. The molecule has 2 heterocycles. The van der Waals surface area contributed by atoms with Crippen molar-refractivity contribution in [3.63, 3.8) is 0 Å². The van der Waals surface area contributed by atoms with E-state index in [4.69, 9.17) is 0 Å². The van der Waals surface area contributed by atoms with Crippen LogP contribution >= 0.6 is 0 Å². The van der Waals surface area contributed by atoms with Gasteiger partial charge in [-0.2, -0.15) is 0 Å². The van der Waals surface area contributed by atoms with Gasteiger partial charge in [0.2, 0.25) is 0 Å². The van der Waals surface area contributed by atoms with Crippen LogP contribution in [0.15, 0.2) is 41.3 Å². The highest BCUT2D eigenvalue weighted by Crippen LogP contribution is 2.46. The molecule has 1 amide bonds. The van der Waals surface area contributed by atoms with Crippen LogP contribution in [0.2, 0.25) is 0 Å². The second-order valence-electron chi connectivity index (χ2n) is 6.92. The van der Waals surface area contributed by atoms with Crippen molar-refractivity contribution in [2.45, 2.75) is 30.8 Å². The van der Waals surface area contributed by atoms with Crippen LogP contribution in [0.3, 0.4) is 0 Å². The lowest BCUT2D eigenvalue weighted by atomic mass is 9.72. The predicted octanol–water partition coefficient (Wildman–Crippen LogP) is 1.17. The standard InChI is InChI=1S/C19H20N2O4/c22-15-10-17(24)20-11-13(15)18(25)21-7-5-19(6-8-21)14-4-2-1-3-12(14)9-16(19)23/h1-4,10-11,16,23H,5-9H2,(H2,20,22,24). The average Bonchev–Trinajstić information content (AvgIpc) is 2.87. The van der Waals surface area contributed by atoms with Crippen LogP contribution in [0.1, 0.15) is 34.3 Å². The summed E-state index contributed by atoms with van der Waals surface area (Å²) in [7, 11) is 0. The third-order valence-corrected chi connectivity index (χ3v) is 5.68. The molecule has 0 saturated carbocycles. The lowest BCUT2D eigenvalue weighted by molar-refractivity contribution is 0.0363. The molecular weight excluding hydrogens is 320 g/mol. The molecule has 1 aliphatic carbocycles. The molecule has 1 spiro atoms. The maximum atomic E-state index is 12.6. The number of pyridine rings is 1. The first-order chi connectivity index (χ1) is 12.0. The van der Waals surface area contributed by atoms with Crippen molar-refractivity contribution >= 4 is 5.91 Å². The van der Waals surface area contributed by atoms with E-state index in [1.807, 2.05) is 12.1 Å². The van der Waals surface area contributed by atoms with Crippen molar-refractivity contribution in [2.75, 3.05) is 13.1 Å². The van der Waals surface area contributed by atoms with Crippen molar-refractivity contribution < 1.29 is 15.0 Å². The number of aromatic nitrogens is 1. The van der Waals surface area contributed by atoms with Gasteiger partial charge in [-0.15, -0.1) is 0 Å². The summed E-state index contributed by atoms with van der Waals surface area (Å²) in [5, 5.41) is 20.5. The molecular formula is C19H20N2O4. The number of rotatable bonds is 1. The SMILES string of the molecule is O=C(c1c[nH]c(=O)cc1O)N1CCC2(CC1)c1ccccc1CC2O. The summed E-state index contributed by atoms with van der Waals surface area (Å²) in [6.07, 6.45) is 2.85. The highest BCUT2D eigenvalue weighted by atomic mass is 16.3. The quantitative estimate of drug-likeness (QED) is 0.726. The Labute approximate surface area is 144 Å². The van der Waals surface area contributed by atoms with Gasteiger partial charge in [-0.25, -0.2) is 0 Å². The number of H-pyrrole nitrogens is 1. The molecule has 1 aliphatic heterocycles. The van der Waals surface area contributed by atoms with Gasteiger partial charge in [0, 0.05) is 30.8 Å². The number of hydrogen-bond acceptors (Lipinski definition) is 4. The van der Waals surface area contributed by atoms with Gasteiger partial charge in [-0.1, -0.05) is 24.3 Å². The van der Waals surface area contributed by atoms with Gasteiger partial charge in [0.1, 0.15) is 5.75 Å². The van der Waals surface area contributed by atoms with Crippen LogP contribution in [-0.4, -0.2) is 45.2 Å². The highest BCUT2D eigenvalue weighted by molar-refractivity contribution is 5.96. The van der Waals surface area contributed by atoms with Crippen LogP contribution in [0.4, 0.5) is 0 Å². The molecule has 2 aliphatic rings. The summed E-state index contributed by atoms with van der Waals surface area (Å²) in [5.41, 5.74) is 1.75. The molecule has 1 saturated heterocycles. The van der Waals surface area contributed by atoms with Gasteiger partial charge in [-0.05, 0) is 30.4 Å². The van der Waals surface area contributed by atoms with Gasteiger partial charge in [0.15, 0.2) is 0 Å². The number of benzene rings is 1. The summed E-state index contributed by atoms with van der Waals surface area (Å²) in [6, 6.07) is 9.13. The molecule has 1 aromatic heterocycles. The summed E-state index contributed by atoms with van der Waals surface area (Å²) >= 11 is 0. The van der Waals surface area contributed by atoms with Crippen molar-refractivity contribution in [3.05, 3.63) is 63.6 Å². The number of aromatic hydroxyl groups is 1. The number of amides is 1. The molecule has 1 unspecified atom stereocenters. The van der Waals surface area contributed by atoms with Gasteiger partial charge >= 0.3 is 0 Å². The molecule has 2 aromatic rings. The van der Waals surface area contributed by atoms with Crippen LogP contribution in [-0.2, 0) is 11.8 Å². The van der Waals surface area contributed by atoms with E-state index in [0.717, 1.165) is 6.07 Å². The Morgan fingerprint density at radius 1 is 1.24 bits per heavy atom. The fraction of sp³-hybridized carbons (Fsp3) is 0.368. The number of nitrogens with zero attached hydrogens (tertiary/aromatic N) is 1. The topological polar surface area (TPSA) is 93.6 Å². The van der Waals surface area contributed by atoms with Crippen molar-refractivity contribution in [2.24, 2.45) is 0 Å².